The van der Waals surface area contributed by atoms with Gasteiger partial charge in [-0.25, -0.2) is 0 Å². The third kappa shape index (κ3) is 2.16. The zero-order valence-electron chi connectivity index (χ0n) is 9.28. The van der Waals surface area contributed by atoms with Crippen molar-refractivity contribution in [3.63, 3.8) is 0 Å². The standard InChI is InChI=1S/C11H20N2O2/c1-8-2-4-12-10(8)11(15)13-5-3-9(6-13)7-14/h8-10,12,14H,2-7H2,1H3. The molecule has 0 aromatic heterocycles. The first-order valence-electron chi connectivity index (χ1n) is 5.85. The van der Waals surface area contributed by atoms with E-state index in [-0.39, 0.29) is 18.6 Å². The Morgan fingerprint density at radius 3 is 2.87 bits per heavy atom. The molecule has 0 radical (unpaired) electrons. The summed E-state index contributed by atoms with van der Waals surface area (Å²) < 4.78 is 0. The zero-order valence-corrected chi connectivity index (χ0v) is 9.28. The average molecular weight is 212 g/mol. The molecule has 1 amide bonds. The van der Waals surface area contributed by atoms with E-state index in [4.69, 9.17) is 5.11 Å². The molecular formula is C11H20N2O2. The van der Waals surface area contributed by atoms with Crippen molar-refractivity contribution in [2.45, 2.75) is 25.8 Å². The number of aliphatic hydroxyl groups excluding tert-OH is 1. The van der Waals surface area contributed by atoms with Gasteiger partial charge in [0.1, 0.15) is 0 Å². The molecule has 0 spiro atoms. The Balaban J connectivity index is 1.91. The topological polar surface area (TPSA) is 52.6 Å². The monoisotopic (exact) mass is 212 g/mol. The third-order valence-corrected chi connectivity index (χ3v) is 3.65. The number of carbonyl (C=O) groups excluding carboxylic acids is 1. The van der Waals surface area contributed by atoms with Gasteiger partial charge in [0.15, 0.2) is 0 Å². The molecule has 0 aromatic carbocycles. The maximum atomic E-state index is 12.1. The van der Waals surface area contributed by atoms with Crippen molar-refractivity contribution in [1.29, 1.82) is 0 Å². The summed E-state index contributed by atoms with van der Waals surface area (Å²) in [5.41, 5.74) is 0. The van der Waals surface area contributed by atoms with E-state index in [2.05, 4.69) is 12.2 Å². The minimum absolute atomic E-state index is 0.0162. The second-order valence-corrected chi connectivity index (χ2v) is 4.82. The molecule has 2 N–H and O–H groups in total. The molecule has 2 fully saturated rings. The van der Waals surface area contributed by atoms with Gasteiger partial charge in [-0.15, -0.1) is 0 Å². The van der Waals surface area contributed by atoms with Crippen LogP contribution < -0.4 is 5.32 Å². The summed E-state index contributed by atoms with van der Waals surface area (Å²) in [4.78, 5) is 14.0. The van der Waals surface area contributed by atoms with Crippen molar-refractivity contribution >= 4 is 5.91 Å². The van der Waals surface area contributed by atoms with Crippen molar-refractivity contribution in [3.05, 3.63) is 0 Å². The maximum Gasteiger partial charge on any atom is 0.239 e. The van der Waals surface area contributed by atoms with E-state index in [9.17, 15) is 4.79 Å². The Bertz CT molecular complexity index is 245. The van der Waals surface area contributed by atoms with Crippen LogP contribution in [0, 0.1) is 11.8 Å². The lowest BCUT2D eigenvalue weighted by Gasteiger charge is -2.23. The largest absolute Gasteiger partial charge is 0.396 e. The van der Waals surface area contributed by atoms with Crippen molar-refractivity contribution < 1.29 is 9.90 Å². The van der Waals surface area contributed by atoms with Crippen molar-refractivity contribution in [2.24, 2.45) is 11.8 Å². The molecule has 2 saturated heterocycles. The van der Waals surface area contributed by atoms with Crippen LogP contribution in [0.5, 0.6) is 0 Å². The van der Waals surface area contributed by atoms with Crippen LogP contribution in [0.2, 0.25) is 0 Å². The summed E-state index contributed by atoms with van der Waals surface area (Å²) in [5, 5.41) is 12.3. The highest BCUT2D eigenvalue weighted by atomic mass is 16.3. The highest BCUT2D eigenvalue weighted by Crippen LogP contribution is 2.21. The molecule has 15 heavy (non-hydrogen) atoms. The lowest BCUT2D eigenvalue weighted by Crippen LogP contribution is -2.45. The van der Waals surface area contributed by atoms with Gasteiger partial charge in [-0.05, 0) is 25.3 Å². The van der Waals surface area contributed by atoms with Crippen LogP contribution in [0.4, 0.5) is 0 Å². The lowest BCUT2D eigenvalue weighted by atomic mass is 10.0. The minimum Gasteiger partial charge on any atom is -0.396 e. The Morgan fingerprint density at radius 2 is 2.33 bits per heavy atom. The molecule has 2 rings (SSSR count). The number of nitrogens with one attached hydrogen (secondary N) is 1. The molecule has 0 saturated carbocycles. The second kappa shape index (κ2) is 4.49. The third-order valence-electron chi connectivity index (χ3n) is 3.65. The quantitative estimate of drug-likeness (QED) is 0.668. The van der Waals surface area contributed by atoms with E-state index < -0.39 is 0 Å². The van der Waals surface area contributed by atoms with Crippen LogP contribution in [0.3, 0.4) is 0 Å². The molecule has 2 aliphatic rings. The number of hydrogen-bond donors (Lipinski definition) is 2. The van der Waals surface area contributed by atoms with Gasteiger partial charge in [-0.2, -0.15) is 0 Å². The van der Waals surface area contributed by atoms with Gasteiger partial charge in [-0.3, -0.25) is 4.79 Å². The van der Waals surface area contributed by atoms with Gasteiger partial charge in [0.05, 0.1) is 6.04 Å². The Kier molecular flexibility index (Phi) is 3.26. The summed E-state index contributed by atoms with van der Waals surface area (Å²) in [6.45, 7) is 4.84. The smallest absolute Gasteiger partial charge is 0.239 e. The van der Waals surface area contributed by atoms with Crippen LogP contribution in [0.1, 0.15) is 19.8 Å². The summed E-state index contributed by atoms with van der Waals surface area (Å²) in [5.74, 6) is 0.979. The van der Waals surface area contributed by atoms with Crippen molar-refractivity contribution in [3.8, 4) is 0 Å². The summed E-state index contributed by atoms with van der Waals surface area (Å²) in [6.07, 6.45) is 2.04. The second-order valence-electron chi connectivity index (χ2n) is 4.82. The molecule has 3 atom stereocenters. The predicted octanol–water partition coefficient (Wildman–Crippen LogP) is -0.175. The van der Waals surface area contributed by atoms with Crippen LogP contribution >= 0.6 is 0 Å². The van der Waals surface area contributed by atoms with Gasteiger partial charge in [0.25, 0.3) is 0 Å². The van der Waals surface area contributed by atoms with Crippen LogP contribution in [0.15, 0.2) is 0 Å². The fourth-order valence-electron chi connectivity index (χ4n) is 2.54. The molecule has 4 nitrogen and oxygen atoms in total. The maximum absolute atomic E-state index is 12.1. The van der Waals surface area contributed by atoms with Crippen LogP contribution in [-0.4, -0.2) is 48.2 Å². The molecule has 0 aliphatic carbocycles. The molecule has 3 unspecified atom stereocenters. The highest BCUT2D eigenvalue weighted by Gasteiger charge is 2.35. The number of likely N-dealkylation sites (tertiary alicyclic amines) is 1. The summed E-state index contributed by atoms with van der Waals surface area (Å²) in [6, 6.07) is 0.0162. The Labute approximate surface area is 90.6 Å². The molecular weight excluding hydrogens is 192 g/mol. The van der Waals surface area contributed by atoms with Gasteiger partial charge < -0.3 is 15.3 Å². The van der Waals surface area contributed by atoms with E-state index in [1.54, 1.807) is 0 Å². The van der Waals surface area contributed by atoms with Gasteiger partial charge in [0, 0.05) is 25.6 Å². The fraction of sp³-hybridized carbons (Fsp3) is 0.909. The zero-order chi connectivity index (χ0) is 10.8. The van der Waals surface area contributed by atoms with Gasteiger partial charge in [-0.1, -0.05) is 6.92 Å². The molecule has 0 bridgehead atoms. The number of carbonyl (C=O) groups is 1. The van der Waals surface area contributed by atoms with E-state index in [0.717, 1.165) is 32.5 Å². The first-order valence-corrected chi connectivity index (χ1v) is 5.85. The van der Waals surface area contributed by atoms with E-state index in [0.29, 0.717) is 11.8 Å². The molecule has 86 valence electrons. The number of aliphatic hydroxyl groups is 1. The van der Waals surface area contributed by atoms with Crippen LogP contribution in [-0.2, 0) is 4.79 Å². The highest BCUT2D eigenvalue weighted by molar-refractivity contribution is 5.82. The fourth-order valence-corrected chi connectivity index (χ4v) is 2.54. The van der Waals surface area contributed by atoms with Crippen molar-refractivity contribution in [1.82, 2.24) is 10.2 Å². The Morgan fingerprint density at radius 1 is 1.53 bits per heavy atom. The van der Waals surface area contributed by atoms with Gasteiger partial charge >= 0.3 is 0 Å². The number of nitrogens with zero attached hydrogens (tertiary/aromatic N) is 1. The molecule has 2 heterocycles. The predicted molar refractivity (Wildman–Crippen MR) is 57.3 cm³/mol. The number of rotatable bonds is 2. The normalized spacial score (nSPS) is 36.1. The lowest BCUT2D eigenvalue weighted by molar-refractivity contribution is -0.133. The molecule has 4 heteroatoms. The summed E-state index contributed by atoms with van der Waals surface area (Å²) >= 11 is 0. The van der Waals surface area contributed by atoms with Gasteiger partial charge in [0.2, 0.25) is 5.91 Å². The van der Waals surface area contributed by atoms with E-state index in [1.807, 2.05) is 4.90 Å². The van der Waals surface area contributed by atoms with E-state index in [1.165, 1.54) is 0 Å². The number of amides is 1. The molecule has 2 aliphatic heterocycles. The Hall–Kier alpha value is -0.610. The first-order chi connectivity index (χ1) is 7.22. The van der Waals surface area contributed by atoms with Crippen LogP contribution in [0.25, 0.3) is 0 Å². The molecule has 0 aromatic rings. The number of hydrogen-bond acceptors (Lipinski definition) is 3. The average Bonchev–Trinajstić information content (AvgIpc) is 2.84. The van der Waals surface area contributed by atoms with E-state index >= 15 is 0 Å². The SMILES string of the molecule is CC1CCNC1C(=O)N1CCC(CO)C1. The first kappa shape index (κ1) is 10.9. The minimum atomic E-state index is 0.0162. The summed E-state index contributed by atoms with van der Waals surface area (Å²) in [7, 11) is 0. The van der Waals surface area contributed by atoms with Crippen molar-refractivity contribution in [2.75, 3.05) is 26.2 Å².